The van der Waals surface area contributed by atoms with Gasteiger partial charge in [-0.2, -0.15) is 0 Å². The second-order valence-corrected chi connectivity index (χ2v) is 12.9. The molecule has 0 fully saturated rings. The largest absolute Gasteiger partial charge is 0.510 e. The quantitative estimate of drug-likeness (QED) is 0.0348. The average Bonchev–Trinajstić information content (AvgIpc) is 3.81. The summed E-state index contributed by atoms with van der Waals surface area (Å²) in [4.78, 5) is 40.4. The molecule has 3 aromatic carbocycles. The predicted molar refractivity (Wildman–Crippen MR) is 197 cm³/mol. The lowest BCUT2D eigenvalue weighted by molar-refractivity contribution is -0.497. The number of nitrogens with zero attached hydrogens (tertiary/aromatic N) is 8. The monoisotopic (exact) mass is 810 g/mol. The van der Waals surface area contributed by atoms with E-state index < -0.39 is 18.4 Å². The predicted octanol–water partition coefficient (Wildman–Crippen LogP) is 6.58. The van der Waals surface area contributed by atoms with E-state index in [1.807, 2.05) is 48.5 Å². The summed E-state index contributed by atoms with van der Waals surface area (Å²) in [6, 6.07) is 22.1. The van der Waals surface area contributed by atoms with Gasteiger partial charge in [0.2, 0.25) is 12.1 Å². The normalized spacial score (nSPS) is 11.9. The number of aromatic nitrogens is 6. The van der Waals surface area contributed by atoms with Crippen molar-refractivity contribution in [1.82, 2.24) is 40.5 Å². The van der Waals surface area contributed by atoms with Crippen LogP contribution in [0.5, 0.6) is 0 Å². The molecule has 304 valence electrons. The molecule has 1 atom stereocenters. The highest BCUT2D eigenvalue weighted by Crippen LogP contribution is 2.31. The zero-order valence-corrected chi connectivity index (χ0v) is 31.9. The van der Waals surface area contributed by atoms with Crippen LogP contribution in [0.1, 0.15) is 78.8 Å². The van der Waals surface area contributed by atoms with Crippen molar-refractivity contribution in [3.05, 3.63) is 106 Å². The highest BCUT2D eigenvalue weighted by molar-refractivity contribution is 6.32. The van der Waals surface area contributed by atoms with Crippen molar-refractivity contribution in [3.63, 3.8) is 0 Å². The topological polar surface area (TPSA) is 229 Å². The minimum atomic E-state index is -0.957. The number of benzene rings is 3. The third kappa shape index (κ3) is 12.6. The maximum atomic E-state index is 13.2. The SMILES string of the molecule is CCCCc1nc(Cl)c(C(=O)OCCCCON(O)O)n1Cc1ccc(-c2ccccc2-c2nnn(C(C)OC(=O)OCc3cccc(CON(O)O)c3)n2)cc1. The van der Waals surface area contributed by atoms with Gasteiger partial charge in [-0.3, -0.25) is 25.7 Å². The number of carbonyl (C=O) groups excluding carboxylic acids is 2. The fourth-order valence-corrected chi connectivity index (χ4v) is 5.91. The highest BCUT2D eigenvalue weighted by Gasteiger charge is 2.24. The van der Waals surface area contributed by atoms with Crippen molar-refractivity contribution < 1.29 is 54.3 Å². The number of rotatable bonds is 21. The molecule has 0 aliphatic rings. The summed E-state index contributed by atoms with van der Waals surface area (Å²) in [7, 11) is 0. The first kappa shape index (κ1) is 42.8. The van der Waals surface area contributed by atoms with Gasteiger partial charge in [0.25, 0.3) is 0 Å². The summed E-state index contributed by atoms with van der Waals surface area (Å²) >= 11 is 6.49. The van der Waals surface area contributed by atoms with Gasteiger partial charge in [-0.05, 0) is 59.2 Å². The molecule has 0 saturated heterocycles. The van der Waals surface area contributed by atoms with Gasteiger partial charge in [0.1, 0.15) is 12.4 Å². The van der Waals surface area contributed by atoms with E-state index in [0.717, 1.165) is 34.3 Å². The molecule has 0 aliphatic heterocycles. The van der Waals surface area contributed by atoms with Gasteiger partial charge in [0, 0.05) is 18.5 Å². The second kappa shape index (κ2) is 21.3. The highest BCUT2D eigenvalue weighted by atomic mass is 35.5. The summed E-state index contributed by atoms with van der Waals surface area (Å²) in [6.07, 6.45) is 1.33. The first-order valence-electron chi connectivity index (χ1n) is 17.9. The molecule has 19 nitrogen and oxygen atoms in total. The summed E-state index contributed by atoms with van der Waals surface area (Å²) in [6.45, 7) is 3.84. The summed E-state index contributed by atoms with van der Waals surface area (Å²) in [5.74, 6) is 0.355. The number of esters is 1. The summed E-state index contributed by atoms with van der Waals surface area (Å²) in [5, 5.41) is 46.9. The Labute approximate surface area is 331 Å². The number of aryl methyl sites for hydroxylation is 1. The average molecular weight is 811 g/mol. The number of halogens is 1. The molecule has 0 spiro atoms. The lowest BCUT2D eigenvalue weighted by Crippen LogP contribution is -2.18. The van der Waals surface area contributed by atoms with Crippen LogP contribution in [-0.2, 0) is 50.1 Å². The van der Waals surface area contributed by atoms with E-state index in [2.05, 4.69) is 37.0 Å². The van der Waals surface area contributed by atoms with Gasteiger partial charge in [-0.15, -0.1) is 15.0 Å². The molecule has 4 N–H and O–H groups in total. The van der Waals surface area contributed by atoms with Gasteiger partial charge >= 0.3 is 12.1 Å². The third-order valence-corrected chi connectivity index (χ3v) is 8.68. The zero-order valence-electron chi connectivity index (χ0n) is 31.2. The number of tetrazole rings is 1. The molecule has 1 unspecified atom stereocenters. The number of hydrogen-bond acceptors (Lipinski definition) is 17. The number of unbranched alkanes of at least 4 members (excludes halogenated alkanes) is 2. The fraction of sp³-hybridized carbons (Fsp3) is 0.351. The fourth-order valence-electron chi connectivity index (χ4n) is 5.63. The van der Waals surface area contributed by atoms with E-state index in [-0.39, 0.29) is 48.1 Å². The van der Waals surface area contributed by atoms with Crippen LogP contribution in [-0.4, -0.2) is 86.7 Å². The first-order valence-corrected chi connectivity index (χ1v) is 18.3. The standard InChI is InChI=1S/C37H43ClN8O11/c1-3-4-14-32-39-34(38)33(36(47)53-19-7-8-20-55-45(49)50)43(32)22-26-15-17-29(18-16-26)30-12-5-6-13-31(30)35-40-42-44(41-35)25(2)57-37(48)54-23-27-10-9-11-28(21-27)24-56-46(51)52/h5-6,9-13,15-18,21,25,49-52H,3-4,7-8,14,19-20,22-24H2,1-2H3. The lowest BCUT2D eigenvalue weighted by atomic mass is 9.98. The zero-order chi connectivity index (χ0) is 40.7. The van der Waals surface area contributed by atoms with E-state index >= 15 is 0 Å². The van der Waals surface area contributed by atoms with Crippen LogP contribution in [0.25, 0.3) is 22.5 Å². The van der Waals surface area contributed by atoms with E-state index in [4.69, 9.17) is 46.6 Å². The van der Waals surface area contributed by atoms with Crippen LogP contribution < -0.4 is 0 Å². The molecule has 0 amide bonds. The van der Waals surface area contributed by atoms with Gasteiger partial charge in [0.05, 0.1) is 30.6 Å². The molecule has 0 bridgehead atoms. The number of ether oxygens (including phenoxy) is 3. The van der Waals surface area contributed by atoms with E-state index in [9.17, 15) is 9.59 Å². The van der Waals surface area contributed by atoms with Crippen molar-refractivity contribution in [1.29, 1.82) is 0 Å². The molecule has 5 aromatic rings. The summed E-state index contributed by atoms with van der Waals surface area (Å²) < 4.78 is 17.9. The molecule has 57 heavy (non-hydrogen) atoms. The van der Waals surface area contributed by atoms with Crippen LogP contribution in [0.4, 0.5) is 4.79 Å². The van der Waals surface area contributed by atoms with Gasteiger partial charge in [-0.1, -0.05) is 97.7 Å². The van der Waals surface area contributed by atoms with Crippen LogP contribution in [0.15, 0.2) is 72.8 Å². The minimum absolute atomic E-state index is 0.0326. The molecule has 0 aliphatic carbocycles. The van der Waals surface area contributed by atoms with Crippen molar-refractivity contribution in [2.75, 3.05) is 13.2 Å². The molecule has 0 saturated carbocycles. The Morgan fingerprint density at radius 1 is 0.825 bits per heavy atom. The molecular weight excluding hydrogens is 768 g/mol. The Bertz CT molecular complexity index is 2060. The summed E-state index contributed by atoms with van der Waals surface area (Å²) in [5.41, 5.74) is 4.65. The van der Waals surface area contributed by atoms with E-state index in [0.29, 0.717) is 54.1 Å². The Morgan fingerprint density at radius 2 is 1.53 bits per heavy atom. The third-order valence-electron chi connectivity index (χ3n) is 8.42. The van der Waals surface area contributed by atoms with Crippen LogP contribution in [0.2, 0.25) is 5.15 Å². The van der Waals surface area contributed by atoms with E-state index in [1.54, 1.807) is 35.8 Å². The Kier molecular flexibility index (Phi) is 16.0. The Morgan fingerprint density at radius 3 is 2.25 bits per heavy atom. The van der Waals surface area contributed by atoms with Crippen molar-refractivity contribution in [3.8, 4) is 22.5 Å². The Balaban J connectivity index is 1.23. The van der Waals surface area contributed by atoms with E-state index in [1.165, 1.54) is 0 Å². The molecule has 0 radical (unpaired) electrons. The van der Waals surface area contributed by atoms with Crippen LogP contribution in [0, 0.1) is 0 Å². The van der Waals surface area contributed by atoms with Crippen molar-refractivity contribution >= 4 is 23.7 Å². The second-order valence-electron chi connectivity index (χ2n) is 12.6. The smallest absolute Gasteiger partial charge is 0.461 e. The molecular formula is C37H43ClN8O11. The van der Waals surface area contributed by atoms with Crippen molar-refractivity contribution in [2.24, 2.45) is 0 Å². The Hall–Kier alpha value is -5.35. The van der Waals surface area contributed by atoms with Crippen molar-refractivity contribution in [2.45, 2.75) is 71.9 Å². The first-order chi connectivity index (χ1) is 27.5. The lowest BCUT2D eigenvalue weighted by Gasteiger charge is -2.13. The maximum Gasteiger partial charge on any atom is 0.510 e. The molecule has 2 aromatic heterocycles. The minimum Gasteiger partial charge on any atom is -0.461 e. The van der Waals surface area contributed by atoms with Gasteiger partial charge in [-0.25, -0.2) is 19.4 Å². The number of imidazole rings is 1. The number of carbonyl (C=O) groups is 2. The maximum absolute atomic E-state index is 13.2. The molecule has 20 heteroatoms. The van der Waals surface area contributed by atoms with Crippen LogP contribution >= 0.6 is 11.6 Å². The number of hydrogen-bond donors (Lipinski definition) is 4. The van der Waals surface area contributed by atoms with Gasteiger partial charge in [0.15, 0.2) is 10.8 Å². The van der Waals surface area contributed by atoms with Gasteiger partial charge < -0.3 is 18.8 Å². The molecule has 2 heterocycles. The molecule has 5 rings (SSSR count). The van der Waals surface area contributed by atoms with Crippen LogP contribution in [0.3, 0.4) is 0 Å².